The molecule has 0 saturated heterocycles. The number of rotatable bonds is 5. The Hall–Kier alpha value is -1.76. The molecule has 1 aromatic rings. The van der Waals surface area contributed by atoms with Crippen molar-refractivity contribution in [2.24, 2.45) is 16.5 Å². The highest BCUT2D eigenvalue weighted by Gasteiger charge is 2.06. The van der Waals surface area contributed by atoms with E-state index in [-0.39, 0.29) is 0 Å². The molecule has 0 aliphatic rings. The van der Waals surface area contributed by atoms with E-state index in [4.69, 9.17) is 11.5 Å². The molecule has 0 unspecified atom stereocenters. The molecule has 0 atom stereocenters. The molecule has 0 bridgehead atoms. The second-order valence-corrected chi connectivity index (χ2v) is 6.78. The third-order valence-corrected chi connectivity index (χ3v) is 3.90. The van der Waals surface area contributed by atoms with Crippen LogP contribution in [0.2, 0.25) is 0 Å². The predicted octanol–water partition coefficient (Wildman–Crippen LogP) is 1.71. The average Bonchev–Trinajstić information content (AvgIpc) is 2.36. The van der Waals surface area contributed by atoms with Crippen molar-refractivity contribution >= 4 is 21.1 Å². The Morgan fingerprint density at radius 2 is 1.76 bits per heavy atom. The normalized spacial score (nSPS) is 14.2. The smallest absolute Gasteiger partial charge is 0.175 e. The van der Waals surface area contributed by atoms with Gasteiger partial charge in [0.15, 0.2) is 9.84 Å². The summed E-state index contributed by atoms with van der Waals surface area (Å²) in [7, 11) is -3.16. The van der Waals surface area contributed by atoms with Crippen LogP contribution in [0.15, 0.2) is 52.4 Å². The van der Waals surface area contributed by atoms with E-state index in [1.165, 1.54) is 6.26 Å². The van der Waals surface area contributed by atoms with Gasteiger partial charge in [-0.05, 0) is 43.2 Å². The zero-order valence-corrected chi connectivity index (χ0v) is 13.3. The highest BCUT2D eigenvalue weighted by Crippen LogP contribution is 2.17. The van der Waals surface area contributed by atoms with Gasteiger partial charge in [0, 0.05) is 12.0 Å². The maximum absolute atomic E-state index is 11.4. The molecular formula is C15H21N3O2S. The van der Waals surface area contributed by atoms with Crippen LogP contribution in [0.4, 0.5) is 0 Å². The van der Waals surface area contributed by atoms with Crippen LogP contribution in [-0.4, -0.2) is 26.7 Å². The number of allylic oxidation sites excluding steroid dienone is 4. The fourth-order valence-corrected chi connectivity index (χ4v) is 2.30. The SMILES string of the molecule is CC(/C=C\C=C(/C)c1ccc(S(C)(=O)=O)cc1)=NC(N)N. The molecular weight excluding hydrogens is 286 g/mol. The first kappa shape index (κ1) is 17.3. The maximum Gasteiger partial charge on any atom is 0.175 e. The van der Waals surface area contributed by atoms with E-state index in [0.717, 1.165) is 16.8 Å². The van der Waals surface area contributed by atoms with E-state index in [9.17, 15) is 8.42 Å². The van der Waals surface area contributed by atoms with Gasteiger partial charge < -0.3 is 0 Å². The molecule has 4 N–H and O–H groups in total. The standard InChI is InChI=1S/C15H21N3O2S/c1-11(5-4-6-12(2)18-15(16)17)13-7-9-14(10-8-13)21(3,19)20/h4-10,15H,16-17H2,1-3H3/b6-4-,11-5+,18-12?. The summed E-state index contributed by atoms with van der Waals surface area (Å²) < 4.78 is 22.8. The third-order valence-electron chi connectivity index (χ3n) is 2.77. The Morgan fingerprint density at radius 1 is 1.19 bits per heavy atom. The van der Waals surface area contributed by atoms with Gasteiger partial charge in [-0.3, -0.25) is 16.5 Å². The van der Waals surface area contributed by atoms with Gasteiger partial charge >= 0.3 is 0 Å². The average molecular weight is 307 g/mol. The van der Waals surface area contributed by atoms with Crippen molar-refractivity contribution in [2.75, 3.05) is 6.26 Å². The number of hydrogen-bond acceptors (Lipinski definition) is 5. The van der Waals surface area contributed by atoms with Gasteiger partial charge in [0.1, 0.15) is 6.29 Å². The van der Waals surface area contributed by atoms with Crippen molar-refractivity contribution in [3.63, 3.8) is 0 Å². The number of nitrogens with zero attached hydrogens (tertiary/aromatic N) is 1. The second-order valence-electron chi connectivity index (χ2n) is 4.77. The summed E-state index contributed by atoms with van der Waals surface area (Å²) in [5, 5.41) is 0. The molecule has 0 aliphatic heterocycles. The third kappa shape index (κ3) is 6.03. The van der Waals surface area contributed by atoms with Crippen molar-refractivity contribution in [1.82, 2.24) is 0 Å². The minimum absolute atomic E-state index is 0.314. The minimum Gasteiger partial charge on any atom is -0.297 e. The zero-order valence-electron chi connectivity index (χ0n) is 12.4. The molecule has 0 saturated carbocycles. The zero-order chi connectivity index (χ0) is 16.0. The lowest BCUT2D eigenvalue weighted by Crippen LogP contribution is -2.28. The van der Waals surface area contributed by atoms with Crippen LogP contribution in [0.1, 0.15) is 19.4 Å². The van der Waals surface area contributed by atoms with Crippen LogP contribution in [0.25, 0.3) is 5.57 Å². The van der Waals surface area contributed by atoms with Crippen molar-refractivity contribution in [3.05, 3.63) is 48.1 Å². The molecule has 0 aromatic heterocycles. The van der Waals surface area contributed by atoms with Crippen LogP contribution in [0, 0.1) is 0 Å². The highest BCUT2D eigenvalue weighted by atomic mass is 32.2. The van der Waals surface area contributed by atoms with E-state index in [1.807, 2.05) is 26.0 Å². The molecule has 21 heavy (non-hydrogen) atoms. The Balaban J connectivity index is 2.87. The van der Waals surface area contributed by atoms with Crippen molar-refractivity contribution in [3.8, 4) is 0 Å². The summed E-state index contributed by atoms with van der Waals surface area (Å²) in [6, 6.07) is 6.78. The summed E-state index contributed by atoms with van der Waals surface area (Å²) in [5.74, 6) is 0. The monoisotopic (exact) mass is 307 g/mol. The molecule has 0 aliphatic carbocycles. The molecule has 5 nitrogen and oxygen atoms in total. The summed E-state index contributed by atoms with van der Waals surface area (Å²) in [4.78, 5) is 4.29. The Labute approximate surface area is 126 Å². The number of hydrogen-bond donors (Lipinski definition) is 2. The van der Waals surface area contributed by atoms with E-state index >= 15 is 0 Å². The summed E-state index contributed by atoms with van der Waals surface area (Å²) in [6.07, 6.45) is 6.05. The molecule has 0 fully saturated rings. The molecule has 0 amide bonds. The van der Waals surface area contributed by atoms with Gasteiger partial charge in [-0.1, -0.05) is 24.3 Å². The minimum atomic E-state index is -3.16. The largest absolute Gasteiger partial charge is 0.297 e. The quantitative estimate of drug-likeness (QED) is 0.491. The predicted molar refractivity (Wildman–Crippen MR) is 87.6 cm³/mol. The molecule has 1 aromatic carbocycles. The lowest BCUT2D eigenvalue weighted by atomic mass is 10.1. The van der Waals surface area contributed by atoms with Crippen molar-refractivity contribution < 1.29 is 8.42 Å². The highest BCUT2D eigenvalue weighted by molar-refractivity contribution is 7.90. The molecule has 0 spiro atoms. The van der Waals surface area contributed by atoms with Crippen molar-refractivity contribution in [1.29, 1.82) is 0 Å². The first-order valence-electron chi connectivity index (χ1n) is 6.41. The topological polar surface area (TPSA) is 98.5 Å². The Bertz CT molecular complexity index is 669. The van der Waals surface area contributed by atoms with Crippen LogP contribution < -0.4 is 11.5 Å². The Morgan fingerprint density at radius 3 is 2.24 bits per heavy atom. The fraction of sp³-hybridized carbons (Fsp3) is 0.267. The van der Waals surface area contributed by atoms with Crippen molar-refractivity contribution in [2.45, 2.75) is 25.0 Å². The van der Waals surface area contributed by atoms with Gasteiger partial charge in [-0.2, -0.15) is 0 Å². The van der Waals surface area contributed by atoms with Gasteiger partial charge in [0.05, 0.1) is 4.90 Å². The molecule has 6 heteroatoms. The number of benzene rings is 1. The van der Waals surface area contributed by atoms with Crippen LogP contribution in [-0.2, 0) is 9.84 Å². The number of sulfone groups is 1. The molecule has 0 radical (unpaired) electrons. The first-order chi connectivity index (χ1) is 9.70. The van der Waals surface area contributed by atoms with Gasteiger partial charge in [0.25, 0.3) is 0 Å². The van der Waals surface area contributed by atoms with E-state index < -0.39 is 16.1 Å². The Kier molecular flexibility index (Phi) is 6.02. The molecule has 1 rings (SSSR count). The van der Waals surface area contributed by atoms with Gasteiger partial charge in [-0.25, -0.2) is 8.42 Å². The van der Waals surface area contributed by atoms with Crippen LogP contribution in [0.5, 0.6) is 0 Å². The van der Waals surface area contributed by atoms with Gasteiger partial charge in [0.2, 0.25) is 0 Å². The van der Waals surface area contributed by atoms with Gasteiger partial charge in [-0.15, -0.1) is 0 Å². The first-order valence-corrected chi connectivity index (χ1v) is 8.30. The fourth-order valence-electron chi connectivity index (χ4n) is 1.67. The lowest BCUT2D eigenvalue weighted by Gasteiger charge is -2.03. The van der Waals surface area contributed by atoms with E-state index in [1.54, 1.807) is 30.3 Å². The second kappa shape index (κ2) is 7.31. The van der Waals surface area contributed by atoms with Crippen LogP contribution in [0.3, 0.4) is 0 Å². The summed E-state index contributed by atoms with van der Waals surface area (Å²) >= 11 is 0. The van der Waals surface area contributed by atoms with E-state index in [2.05, 4.69) is 4.99 Å². The van der Waals surface area contributed by atoms with E-state index in [0.29, 0.717) is 4.90 Å². The summed E-state index contributed by atoms with van der Waals surface area (Å²) in [5.41, 5.74) is 13.4. The number of aliphatic imine (C=N–C) groups is 1. The van der Waals surface area contributed by atoms with Crippen LogP contribution >= 0.6 is 0 Å². The summed E-state index contributed by atoms with van der Waals surface area (Å²) in [6.45, 7) is 3.76. The lowest BCUT2D eigenvalue weighted by molar-refractivity contribution is 0.602. The molecule has 0 heterocycles. The number of nitrogens with two attached hydrogens (primary N) is 2. The maximum atomic E-state index is 11.4. The molecule has 114 valence electrons.